The van der Waals surface area contributed by atoms with Gasteiger partial charge in [-0.2, -0.15) is 0 Å². The molecular formula is C14H21NO3. The fraction of sp³-hybridized carbons (Fsp3) is 0.500. The molecule has 1 amide bonds. The van der Waals surface area contributed by atoms with E-state index < -0.39 is 5.54 Å². The molecule has 1 rings (SSSR count). The Morgan fingerprint density at radius 2 is 1.94 bits per heavy atom. The van der Waals surface area contributed by atoms with Crippen molar-refractivity contribution in [2.24, 2.45) is 0 Å². The Labute approximate surface area is 108 Å². The monoisotopic (exact) mass is 251 g/mol. The third-order valence-electron chi connectivity index (χ3n) is 3.26. The molecule has 0 aliphatic heterocycles. The zero-order chi connectivity index (χ0) is 13.6. The molecule has 4 heteroatoms. The topological polar surface area (TPSA) is 69.6 Å². The van der Waals surface area contributed by atoms with Crippen LogP contribution in [0, 0.1) is 0 Å². The van der Waals surface area contributed by atoms with Crippen LogP contribution in [0.15, 0.2) is 24.3 Å². The molecule has 4 nitrogen and oxygen atoms in total. The van der Waals surface area contributed by atoms with Crippen LogP contribution in [-0.4, -0.2) is 34.9 Å². The predicted molar refractivity (Wildman–Crippen MR) is 70.5 cm³/mol. The summed E-state index contributed by atoms with van der Waals surface area (Å²) in [4.78, 5) is 12.1. The van der Waals surface area contributed by atoms with Crippen LogP contribution in [0.2, 0.25) is 0 Å². The van der Waals surface area contributed by atoms with E-state index in [2.05, 4.69) is 5.32 Å². The normalized spacial score (nSPS) is 11.3. The molecule has 18 heavy (non-hydrogen) atoms. The fourth-order valence-electron chi connectivity index (χ4n) is 1.69. The lowest BCUT2D eigenvalue weighted by Crippen LogP contribution is -2.53. The molecule has 0 fully saturated rings. The van der Waals surface area contributed by atoms with Gasteiger partial charge < -0.3 is 15.5 Å². The van der Waals surface area contributed by atoms with Crippen molar-refractivity contribution in [2.75, 3.05) is 13.2 Å². The van der Waals surface area contributed by atoms with Crippen molar-refractivity contribution in [2.45, 2.75) is 32.2 Å². The van der Waals surface area contributed by atoms with Gasteiger partial charge in [-0.15, -0.1) is 0 Å². The van der Waals surface area contributed by atoms with Gasteiger partial charge in [-0.25, -0.2) is 0 Å². The van der Waals surface area contributed by atoms with Crippen molar-refractivity contribution in [1.29, 1.82) is 0 Å². The van der Waals surface area contributed by atoms with Crippen molar-refractivity contribution in [3.63, 3.8) is 0 Å². The van der Waals surface area contributed by atoms with Crippen molar-refractivity contribution < 1.29 is 15.0 Å². The Kier molecular flexibility index (Phi) is 5.31. The molecule has 100 valence electrons. The summed E-state index contributed by atoms with van der Waals surface area (Å²) < 4.78 is 0. The largest absolute Gasteiger partial charge is 0.394 e. The zero-order valence-electron chi connectivity index (χ0n) is 10.9. The second kappa shape index (κ2) is 6.52. The van der Waals surface area contributed by atoms with Gasteiger partial charge >= 0.3 is 0 Å². The summed E-state index contributed by atoms with van der Waals surface area (Å²) in [6.45, 7) is 3.28. The minimum atomic E-state index is -0.945. The molecule has 0 aromatic heterocycles. The van der Waals surface area contributed by atoms with E-state index in [1.807, 2.05) is 32.0 Å². The maximum atomic E-state index is 12.1. The predicted octanol–water partition coefficient (Wildman–Crippen LogP) is 1.11. The Morgan fingerprint density at radius 3 is 2.44 bits per heavy atom. The van der Waals surface area contributed by atoms with E-state index in [4.69, 9.17) is 0 Å². The Morgan fingerprint density at radius 1 is 1.28 bits per heavy atom. The molecule has 3 N–H and O–H groups in total. The molecule has 0 atom stereocenters. The molecule has 0 heterocycles. The smallest absolute Gasteiger partial charge is 0.251 e. The SMILES string of the molecule is CCc1cccc(C(=O)NC(CC)(CO)CO)c1. The Bertz CT molecular complexity index is 392. The fourth-order valence-corrected chi connectivity index (χ4v) is 1.69. The summed E-state index contributed by atoms with van der Waals surface area (Å²) in [5.41, 5.74) is 0.686. The van der Waals surface area contributed by atoms with E-state index in [0.29, 0.717) is 12.0 Å². The standard InChI is InChI=1S/C14H21NO3/c1-3-11-6-5-7-12(8-11)13(18)15-14(4-2,9-16)10-17/h5-8,16-17H,3-4,9-10H2,1-2H3,(H,15,18). The van der Waals surface area contributed by atoms with Gasteiger partial charge in [0.15, 0.2) is 0 Å². The minimum absolute atomic E-state index is 0.268. The van der Waals surface area contributed by atoms with Gasteiger partial charge in [0.1, 0.15) is 0 Å². The van der Waals surface area contributed by atoms with Crippen LogP contribution in [0.25, 0.3) is 0 Å². The van der Waals surface area contributed by atoms with E-state index in [1.54, 1.807) is 6.07 Å². The van der Waals surface area contributed by atoms with Gasteiger partial charge in [0, 0.05) is 5.56 Å². The number of aliphatic hydroxyl groups excluding tert-OH is 2. The summed E-state index contributed by atoms with van der Waals surface area (Å²) >= 11 is 0. The number of carbonyl (C=O) groups excluding carboxylic acids is 1. The van der Waals surface area contributed by atoms with Gasteiger partial charge in [0.2, 0.25) is 0 Å². The maximum absolute atomic E-state index is 12.1. The lowest BCUT2D eigenvalue weighted by Gasteiger charge is -2.29. The lowest BCUT2D eigenvalue weighted by atomic mass is 9.97. The Hall–Kier alpha value is -1.39. The van der Waals surface area contributed by atoms with Crippen LogP contribution in [0.1, 0.15) is 36.2 Å². The first-order chi connectivity index (χ1) is 8.60. The van der Waals surface area contributed by atoms with E-state index in [-0.39, 0.29) is 19.1 Å². The Balaban J connectivity index is 2.86. The molecule has 1 aromatic rings. The van der Waals surface area contributed by atoms with Crippen molar-refractivity contribution >= 4 is 5.91 Å². The van der Waals surface area contributed by atoms with Crippen molar-refractivity contribution in [1.82, 2.24) is 5.32 Å². The molecule has 1 aromatic carbocycles. The van der Waals surface area contributed by atoms with Crippen LogP contribution in [0.4, 0.5) is 0 Å². The first-order valence-electron chi connectivity index (χ1n) is 6.24. The van der Waals surface area contributed by atoms with Gasteiger partial charge in [-0.05, 0) is 30.5 Å². The molecule has 0 aliphatic carbocycles. The van der Waals surface area contributed by atoms with Gasteiger partial charge in [0.05, 0.1) is 18.8 Å². The second-order valence-electron chi connectivity index (χ2n) is 4.46. The molecule has 0 spiro atoms. The van der Waals surface area contributed by atoms with Crippen LogP contribution >= 0.6 is 0 Å². The number of hydrogen-bond acceptors (Lipinski definition) is 3. The molecule has 0 radical (unpaired) electrons. The van der Waals surface area contributed by atoms with E-state index in [1.165, 1.54) is 0 Å². The minimum Gasteiger partial charge on any atom is -0.394 e. The quantitative estimate of drug-likeness (QED) is 0.709. The highest BCUT2D eigenvalue weighted by atomic mass is 16.3. The molecule has 0 saturated heterocycles. The number of hydrogen-bond donors (Lipinski definition) is 3. The molecule has 0 bridgehead atoms. The molecule has 0 saturated carbocycles. The van der Waals surface area contributed by atoms with Gasteiger partial charge in [-0.3, -0.25) is 4.79 Å². The van der Waals surface area contributed by atoms with Crippen LogP contribution in [0.5, 0.6) is 0 Å². The van der Waals surface area contributed by atoms with Gasteiger partial charge in [-0.1, -0.05) is 26.0 Å². The highest BCUT2D eigenvalue weighted by molar-refractivity contribution is 5.94. The summed E-state index contributed by atoms with van der Waals surface area (Å²) in [5.74, 6) is -0.268. The first kappa shape index (κ1) is 14.7. The number of nitrogens with one attached hydrogen (secondary N) is 1. The van der Waals surface area contributed by atoms with E-state index in [0.717, 1.165) is 12.0 Å². The summed E-state index contributed by atoms with van der Waals surface area (Å²) in [7, 11) is 0. The number of amides is 1. The summed E-state index contributed by atoms with van der Waals surface area (Å²) in [6, 6.07) is 7.34. The highest BCUT2D eigenvalue weighted by Gasteiger charge is 2.28. The van der Waals surface area contributed by atoms with E-state index in [9.17, 15) is 15.0 Å². The molecule has 0 aliphatic rings. The number of benzene rings is 1. The third kappa shape index (κ3) is 3.31. The van der Waals surface area contributed by atoms with Crippen molar-refractivity contribution in [3.05, 3.63) is 35.4 Å². The molecular weight excluding hydrogens is 230 g/mol. The van der Waals surface area contributed by atoms with E-state index >= 15 is 0 Å². The number of rotatable bonds is 6. The van der Waals surface area contributed by atoms with Crippen LogP contribution < -0.4 is 5.32 Å². The summed E-state index contributed by atoms with van der Waals surface area (Å²) in [6.07, 6.45) is 1.33. The second-order valence-corrected chi connectivity index (χ2v) is 4.46. The number of carbonyl (C=O) groups is 1. The summed E-state index contributed by atoms with van der Waals surface area (Å²) in [5, 5.41) is 21.3. The van der Waals surface area contributed by atoms with Crippen molar-refractivity contribution in [3.8, 4) is 0 Å². The van der Waals surface area contributed by atoms with Crippen LogP contribution in [0.3, 0.4) is 0 Å². The number of aryl methyl sites for hydroxylation is 1. The number of aliphatic hydroxyl groups is 2. The lowest BCUT2D eigenvalue weighted by molar-refractivity contribution is 0.0653. The average molecular weight is 251 g/mol. The highest BCUT2D eigenvalue weighted by Crippen LogP contribution is 2.12. The first-order valence-corrected chi connectivity index (χ1v) is 6.24. The van der Waals surface area contributed by atoms with Crippen LogP contribution in [-0.2, 0) is 6.42 Å². The third-order valence-corrected chi connectivity index (χ3v) is 3.26. The average Bonchev–Trinajstić information content (AvgIpc) is 2.44. The van der Waals surface area contributed by atoms with Gasteiger partial charge in [0.25, 0.3) is 5.91 Å². The molecule has 0 unspecified atom stereocenters. The maximum Gasteiger partial charge on any atom is 0.251 e. The zero-order valence-corrected chi connectivity index (χ0v) is 10.9.